The molecule has 0 atom stereocenters. The van der Waals surface area contributed by atoms with Crippen LogP contribution in [0.1, 0.15) is 5.56 Å². The topological polar surface area (TPSA) is 47.8 Å². The van der Waals surface area contributed by atoms with Crippen molar-refractivity contribution in [1.82, 2.24) is 14.5 Å². The number of aromatic nitrogens is 3. The van der Waals surface area contributed by atoms with Crippen molar-refractivity contribution in [2.45, 2.75) is 6.54 Å². The normalized spacial score (nSPS) is 11.3. The van der Waals surface area contributed by atoms with Crippen molar-refractivity contribution in [3.63, 3.8) is 0 Å². The van der Waals surface area contributed by atoms with Crippen LogP contribution in [0, 0.1) is 5.82 Å². The molecule has 6 heteroatoms. The summed E-state index contributed by atoms with van der Waals surface area (Å²) >= 11 is 1.34. The molecule has 0 saturated heterocycles. The van der Waals surface area contributed by atoms with E-state index in [0.29, 0.717) is 16.8 Å². The Labute approximate surface area is 128 Å². The summed E-state index contributed by atoms with van der Waals surface area (Å²) in [6, 6.07) is 9.95. The van der Waals surface area contributed by atoms with E-state index in [1.165, 1.54) is 34.4 Å². The minimum atomic E-state index is -0.314. The van der Waals surface area contributed by atoms with Crippen molar-refractivity contribution in [1.29, 1.82) is 0 Å². The van der Waals surface area contributed by atoms with Crippen LogP contribution < -0.4 is 5.56 Å². The Morgan fingerprint density at radius 2 is 2.09 bits per heavy atom. The van der Waals surface area contributed by atoms with Crippen molar-refractivity contribution < 1.29 is 4.39 Å². The summed E-state index contributed by atoms with van der Waals surface area (Å²) in [7, 11) is 0. The van der Waals surface area contributed by atoms with Gasteiger partial charge in [0.1, 0.15) is 15.3 Å². The molecule has 0 amide bonds. The molecule has 4 nitrogen and oxygen atoms in total. The van der Waals surface area contributed by atoms with Gasteiger partial charge in [-0.05, 0) is 29.8 Å². The Balaban J connectivity index is 1.87. The van der Waals surface area contributed by atoms with Gasteiger partial charge in [-0.3, -0.25) is 9.36 Å². The molecule has 108 valence electrons. The van der Waals surface area contributed by atoms with Gasteiger partial charge in [-0.25, -0.2) is 14.4 Å². The summed E-state index contributed by atoms with van der Waals surface area (Å²) in [4.78, 5) is 22.1. The molecule has 0 aliphatic rings. The number of thiophene rings is 1. The van der Waals surface area contributed by atoms with E-state index in [4.69, 9.17) is 0 Å². The lowest BCUT2D eigenvalue weighted by Crippen LogP contribution is -2.20. The lowest BCUT2D eigenvalue weighted by atomic mass is 10.2. The minimum absolute atomic E-state index is 0.128. The molecular formula is C16H10FN3OS. The number of fused-ring (bicyclic) bond motifs is 3. The smallest absolute Gasteiger partial charge is 0.271 e. The number of pyridine rings is 1. The highest BCUT2D eigenvalue weighted by atomic mass is 32.1. The van der Waals surface area contributed by atoms with E-state index in [9.17, 15) is 9.18 Å². The number of halogens is 1. The third kappa shape index (κ3) is 2.08. The maximum absolute atomic E-state index is 13.3. The molecule has 3 heterocycles. The van der Waals surface area contributed by atoms with Crippen LogP contribution in [0.25, 0.3) is 20.4 Å². The molecule has 0 aliphatic carbocycles. The second kappa shape index (κ2) is 4.99. The zero-order valence-corrected chi connectivity index (χ0v) is 12.2. The monoisotopic (exact) mass is 311 g/mol. The van der Waals surface area contributed by atoms with Crippen LogP contribution in [-0.2, 0) is 6.54 Å². The molecule has 0 saturated carbocycles. The Kier molecular flexibility index (Phi) is 2.97. The van der Waals surface area contributed by atoms with Crippen LogP contribution in [-0.4, -0.2) is 14.5 Å². The predicted molar refractivity (Wildman–Crippen MR) is 84.7 cm³/mol. The van der Waals surface area contributed by atoms with Gasteiger partial charge in [0.2, 0.25) is 0 Å². The van der Waals surface area contributed by atoms with Gasteiger partial charge in [-0.1, -0.05) is 12.1 Å². The van der Waals surface area contributed by atoms with Gasteiger partial charge >= 0.3 is 0 Å². The number of nitrogens with zero attached hydrogens (tertiary/aromatic N) is 3. The first-order valence-corrected chi connectivity index (χ1v) is 7.51. The van der Waals surface area contributed by atoms with Crippen LogP contribution in [0.5, 0.6) is 0 Å². The van der Waals surface area contributed by atoms with Crippen molar-refractivity contribution >= 4 is 31.8 Å². The highest BCUT2D eigenvalue weighted by Crippen LogP contribution is 2.27. The molecule has 22 heavy (non-hydrogen) atoms. The fourth-order valence-electron chi connectivity index (χ4n) is 2.45. The summed E-state index contributed by atoms with van der Waals surface area (Å²) in [6.07, 6.45) is 3.21. The molecule has 0 bridgehead atoms. The van der Waals surface area contributed by atoms with E-state index < -0.39 is 0 Å². The fraction of sp³-hybridized carbons (Fsp3) is 0.0625. The van der Waals surface area contributed by atoms with Gasteiger partial charge < -0.3 is 0 Å². The summed E-state index contributed by atoms with van der Waals surface area (Å²) in [5, 5.41) is 0.887. The fourth-order valence-corrected chi connectivity index (χ4v) is 3.49. The Bertz CT molecular complexity index is 1050. The number of hydrogen-bond acceptors (Lipinski definition) is 4. The van der Waals surface area contributed by atoms with Crippen LogP contribution >= 0.6 is 11.3 Å². The summed E-state index contributed by atoms with van der Waals surface area (Å²) < 4.78 is 15.3. The van der Waals surface area contributed by atoms with Crippen molar-refractivity contribution in [2.24, 2.45) is 0 Å². The van der Waals surface area contributed by atoms with E-state index in [-0.39, 0.29) is 11.4 Å². The first-order valence-electron chi connectivity index (χ1n) is 6.69. The van der Waals surface area contributed by atoms with Crippen molar-refractivity contribution in [2.75, 3.05) is 0 Å². The standard InChI is InChI=1S/C16H10FN3OS/c17-11-4-1-3-10(7-11)8-20-9-19-13-12-5-2-6-18-15(12)22-14(13)16(20)21/h1-7,9H,8H2. The van der Waals surface area contributed by atoms with Crippen LogP contribution in [0.4, 0.5) is 4.39 Å². The number of benzene rings is 1. The lowest BCUT2D eigenvalue weighted by molar-refractivity contribution is 0.622. The highest BCUT2D eigenvalue weighted by molar-refractivity contribution is 7.25. The average molecular weight is 311 g/mol. The van der Waals surface area contributed by atoms with Crippen molar-refractivity contribution in [3.05, 3.63) is 70.7 Å². The molecule has 4 aromatic rings. The van der Waals surface area contributed by atoms with E-state index in [0.717, 1.165) is 15.8 Å². The second-order valence-corrected chi connectivity index (χ2v) is 5.94. The molecule has 4 rings (SSSR count). The molecular weight excluding hydrogens is 301 g/mol. The van der Waals surface area contributed by atoms with Gasteiger partial charge in [0.25, 0.3) is 5.56 Å². The second-order valence-electron chi connectivity index (χ2n) is 4.94. The quantitative estimate of drug-likeness (QED) is 0.571. The van der Waals surface area contributed by atoms with Crippen LogP contribution in [0.3, 0.4) is 0 Å². The van der Waals surface area contributed by atoms with Gasteiger partial charge in [0, 0.05) is 11.6 Å². The van der Waals surface area contributed by atoms with Crippen molar-refractivity contribution in [3.8, 4) is 0 Å². The molecule has 0 spiro atoms. The maximum atomic E-state index is 13.3. The first kappa shape index (κ1) is 13.1. The molecule has 1 aromatic carbocycles. The lowest BCUT2D eigenvalue weighted by Gasteiger charge is -2.05. The molecule has 0 radical (unpaired) electrons. The summed E-state index contributed by atoms with van der Waals surface area (Å²) in [5.74, 6) is -0.314. The molecule has 0 aliphatic heterocycles. The Hall–Kier alpha value is -2.60. The van der Waals surface area contributed by atoms with E-state index >= 15 is 0 Å². The van der Waals surface area contributed by atoms with Crippen LogP contribution in [0.15, 0.2) is 53.7 Å². The molecule has 0 N–H and O–H groups in total. The zero-order chi connectivity index (χ0) is 15.1. The SMILES string of the molecule is O=c1c2sc3ncccc3c2ncn1Cc1cccc(F)c1. The predicted octanol–water partition coefficient (Wildman–Crippen LogP) is 3.19. The van der Waals surface area contributed by atoms with Gasteiger partial charge in [-0.2, -0.15) is 0 Å². The summed E-state index contributed by atoms with van der Waals surface area (Å²) in [5.41, 5.74) is 1.27. The van der Waals surface area contributed by atoms with E-state index in [1.54, 1.807) is 18.3 Å². The average Bonchev–Trinajstić information content (AvgIpc) is 2.90. The van der Waals surface area contributed by atoms with Gasteiger partial charge in [-0.15, -0.1) is 11.3 Å². The van der Waals surface area contributed by atoms with Gasteiger partial charge in [0.15, 0.2) is 0 Å². The first-order chi connectivity index (χ1) is 10.7. The highest BCUT2D eigenvalue weighted by Gasteiger charge is 2.12. The van der Waals surface area contributed by atoms with E-state index in [2.05, 4.69) is 9.97 Å². The molecule has 3 aromatic heterocycles. The third-order valence-electron chi connectivity index (χ3n) is 3.46. The van der Waals surface area contributed by atoms with Crippen LogP contribution in [0.2, 0.25) is 0 Å². The van der Waals surface area contributed by atoms with Gasteiger partial charge in [0.05, 0.1) is 18.4 Å². The third-order valence-corrected chi connectivity index (χ3v) is 4.55. The maximum Gasteiger partial charge on any atom is 0.271 e. The molecule has 0 unspecified atom stereocenters. The minimum Gasteiger partial charge on any atom is -0.294 e. The Morgan fingerprint density at radius 1 is 1.18 bits per heavy atom. The number of rotatable bonds is 2. The largest absolute Gasteiger partial charge is 0.294 e. The zero-order valence-electron chi connectivity index (χ0n) is 11.4. The Morgan fingerprint density at radius 3 is 2.95 bits per heavy atom. The summed E-state index contributed by atoms with van der Waals surface area (Å²) in [6.45, 7) is 0.293. The molecule has 0 fully saturated rings. The number of hydrogen-bond donors (Lipinski definition) is 0. The van der Waals surface area contributed by atoms with E-state index in [1.807, 2.05) is 12.1 Å².